The molecule has 1 unspecified atom stereocenters. The molecule has 1 aromatic heterocycles. The van der Waals surface area contributed by atoms with Crippen LogP contribution in [0.5, 0.6) is 5.75 Å². The van der Waals surface area contributed by atoms with Crippen molar-refractivity contribution in [3.05, 3.63) is 57.0 Å². The molecule has 0 amide bonds. The van der Waals surface area contributed by atoms with E-state index in [1.54, 1.807) is 0 Å². The van der Waals surface area contributed by atoms with Gasteiger partial charge in [0.1, 0.15) is 6.61 Å². The van der Waals surface area contributed by atoms with Gasteiger partial charge in [0.15, 0.2) is 10.8 Å². The molecule has 0 radical (unpaired) electrons. The third-order valence-corrected chi connectivity index (χ3v) is 4.36. The lowest BCUT2D eigenvalue weighted by atomic mass is 10.1. The summed E-state index contributed by atoms with van der Waals surface area (Å²) in [6.07, 6.45) is 1.76. The maximum absolute atomic E-state index is 12.3. The van der Waals surface area contributed by atoms with Crippen molar-refractivity contribution in [3.8, 4) is 5.75 Å². The first-order chi connectivity index (χ1) is 12.7. The van der Waals surface area contributed by atoms with Crippen LogP contribution in [-0.2, 0) is 16.9 Å². The fourth-order valence-corrected chi connectivity index (χ4v) is 2.64. The van der Waals surface area contributed by atoms with Gasteiger partial charge in [-0.25, -0.2) is 4.68 Å². The number of rotatable bonds is 8. The summed E-state index contributed by atoms with van der Waals surface area (Å²) in [6.45, 7) is 7.85. The van der Waals surface area contributed by atoms with Gasteiger partial charge in [0.05, 0.1) is 24.5 Å². The van der Waals surface area contributed by atoms with Crippen molar-refractivity contribution in [2.45, 2.75) is 52.4 Å². The molecule has 0 aliphatic rings. The summed E-state index contributed by atoms with van der Waals surface area (Å²) in [4.78, 5) is 12.3. The van der Waals surface area contributed by atoms with E-state index in [0.29, 0.717) is 13.0 Å². The van der Waals surface area contributed by atoms with Gasteiger partial charge in [-0.05, 0) is 45.2 Å². The monoisotopic (exact) mass is 396 g/mol. The fourth-order valence-electron chi connectivity index (χ4n) is 2.45. The number of ether oxygens (including phenoxy) is 2. The van der Waals surface area contributed by atoms with Crippen molar-refractivity contribution < 1.29 is 13.9 Å². The molecule has 27 heavy (non-hydrogen) atoms. The van der Waals surface area contributed by atoms with E-state index >= 15 is 0 Å². The van der Waals surface area contributed by atoms with Crippen molar-refractivity contribution in [2.75, 3.05) is 13.3 Å². The molecule has 0 saturated heterocycles. The smallest absolute Gasteiger partial charge is 0.289 e. The maximum Gasteiger partial charge on any atom is 0.289 e. The van der Waals surface area contributed by atoms with Gasteiger partial charge >= 0.3 is 0 Å². The van der Waals surface area contributed by atoms with Gasteiger partial charge in [-0.15, -0.1) is 0 Å². The Morgan fingerprint density at radius 2 is 1.93 bits per heavy atom. The molecule has 2 aromatic rings. The van der Waals surface area contributed by atoms with Gasteiger partial charge in [0.25, 0.3) is 5.56 Å². The molecule has 0 N–H and O–H groups in total. The van der Waals surface area contributed by atoms with E-state index in [1.165, 1.54) is 10.9 Å². The molecule has 0 bridgehead atoms. The molecule has 0 saturated carbocycles. The minimum absolute atomic E-state index is 0.0198. The van der Waals surface area contributed by atoms with Gasteiger partial charge in [-0.3, -0.25) is 9.18 Å². The van der Waals surface area contributed by atoms with E-state index in [9.17, 15) is 9.18 Å². The predicted octanol–water partition coefficient (Wildman–Crippen LogP) is 4.67. The van der Waals surface area contributed by atoms with Crippen LogP contribution in [0.3, 0.4) is 0 Å². The molecule has 0 aliphatic carbocycles. The zero-order valence-electron chi connectivity index (χ0n) is 16.2. The molecule has 0 spiro atoms. The molecule has 1 heterocycles. The highest BCUT2D eigenvalue weighted by molar-refractivity contribution is 6.31. The van der Waals surface area contributed by atoms with Gasteiger partial charge in [0.2, 0.25) is 0 Å². The Balaban J connectivity index is 2.01. The molecular formula is C20H26ClFN2O3. The molecule has 148 valence electrons. The zero-order chi connectivity index (χ0) is 20.0. The minimum Gasteiger partial charge on any atom is -0.485 e. The Labute approximate surface area is 164 Å². The highest BCUT2D eigenvalue weighted by atomic mass is 35.5. The van der Waals surface area contributed by atoms with Crippen molar-refractivity contribution in [1.29, 1.82) is 0 Å². The van der Waals surface area contributed by atoms with Gasteiger partial charge < -0.3 is 9.47 Å². The maximum atomic E-state index is 12.3. The van der Waals surface area contributed by atoms with Crippen LogP contribution in [0.4, 0.5) is 4.39 Å². The molecule has 1 atom stereocenters. The topological polar surface area (TPSA) is 53.4 Å². The summed E-state index contributed by atoms with van der Waals surface area (Å²) in [7, 11) is 0. The van der Waals surface area contributed by atoms with E-state index < -0.39 is 5.54 Å². The Morgan fingerprint density at radius 3 is 2.52 bits per heavy atom. The zero-order valence-corrected chi connectivity index (χ0v) is 16.9. The normalized spacial score (nSPS) is 12.8. The Morgan fingerprint density at radius 1 is 1.26 bits per heavy atom. The molecule has 7 heteroatoms. The summed E-state index contributed by atoms with van der Waals surface area (Å²) in [5.74, 6) is 0.258. The van der Waals surface area contributed by atoms with E-state index in [0.717, 1.165) is 11.1 Å². The van der Waals surface area contributed by atoms with Crippen molar-refractivity contribution >= 4 is 11.6 Å². The van der Waals surface area contributed by atoms with E-state index in [1.807, 2.05) is 52.0 Å². The van der Waals surface area contributed by atoms with Crippen molar-refractivity contribution in [2.24, 2.45) is 0 Å². The molecule has 2 rings (SSSR count). The number of hydrogen-bond acceptors (Lipinski definition) is 4. The van der Waals surface area contributed by atoms with Crippen LogP contribution < -0.4 is 10.3 Å². The van der Waals surface area contributed by atoms with Gasteiger partial charge in [0, 0.05) is 6.61 Å². The third-order valence-electron chi connectivity index (χ3n) is 4.01. The van der Waals surface area contributed by atoms with Crippen LogP contribution in [0.15, 0.2) is 35.3 Å². The van der Waals surface area contributed by atoms with Crippen LogP contribution in [-0.4, -0.2) is 23.1 Å². The molecular weight excluding hydrogens is 371 g/mol. The van der Waals surface area contributed by atoms with Crippen molar-refractivity contribution in [1.82, 2.24) is 9.78 Å². The number of alkyl halides is 1. The third kappa shape index (κ3) is 5.78. The van der Waals surface area contributed by atoms with Crippen LogP contribution in [0, 0.1) is 0 Å². The van der Waals surface area contributed by atoms with E-state index in [4.69, 9.17) is 21.1 Å². The summed E-state index contributed by atoms with van der Waals surface area (Å²) >= 11 is 6.16. The van der Waals surface area contributed by atoms with Crippen molar-refractivity contribution in [3.63, 3.8) is 0 Å². The lowest BCUT2D eigenvalue weighted by molar-refractivity contribution is 0.0608. The van der Waals surface area contributed by atoms with Crippen LogP contribution in [0.1, 0.15) is 51.3 Å². The highest BCUT2D eigenvalue weighted by Crippen LogP contribution is 2.23. The van der Waals surface area contributed by atoms with Crippen LogP contribution in [0.2, 0.25) is 5.02 Å². The lowest BCUT2D eigenvalue weighted by Gasteiger charge is -2.21. The Hall–Kier alpha value is -1.92. The number of aromatic nitrogens is 2. The Kier molecular flexibility index (Phi) is 7.39. The summed E-state index contributed by atoms with van der Waals surface area (Å²) in [6, 6.07) is 7.72. The average molecular weight is 397 g/mol. The second kappa shape index (κ2) is 9.33. The number of hydrogen-bond donors (Lipinski definition) is 0. The second-order valence-corrected chi connectivity index (χ2v) is 7.67. The van der Waals surface area contributed by atoms with Crippen LogP contribution >= 0.6 is 11.6 Å². The number of halogens is 2. The van der Waals surface area contributed by atoms with Gasteiger partial charge in [-0.2, -0.15) is 5.10 Å². The first kappa shape index (κ1) is 21.4. The molecule has 1 aromatic carbocycles. The molecule has 5 nitrogen and oxygen atoms in total. The minimum atomic E-state index is -0.460. The first-order valence-corrected chi connectivity index (χ1v) is 9.29. The highest BCUT2D eigenvalue weighted by Gasteiger charge is 2.20. The van der Waals surface area contributed by atoms with Crippen LogP contribution in [0.25, 0.3) is 0 Å². The first-order valence-electron chi connectivity index (χ1n) is 8.91. The Bertz CT molecular complexity index is 800. The SMILES string of the molecule is CC(OCCCF)c1ccc(COc2cnn(C(C)(C)C)c(=O)c2Cl)cc1. The van der Waals surface area contributed by atoms with E-state index in [-0.39, 0.29) is 35.7 Å². The summed E-state index contributed by atoms with van der Waals surface area (Å²) in [5.41, 5.74) is 1.09. The standard InChI is InChI=1S/C20H26ClFN2O3/c1-14(26-11-5-10-22)16-8-6-15(7-9-16)13-27-17-12-23-24(20(2,3)4)19(25)18(17)21/h6-9,12,14H,5,10-11,13H2,1-4H3. The van der Waals surface area contributed by atoms with E-state index in [2.05, 4.69) is 5.10 Å². The summed E-state index contributed by atoms with van der Waals surface area (Å²) < 4.78 is 24.7. The largest absolute Gasteiger partial charge is 0.485 e. The average Bonchev–Trinajstić information content (AvgIpc) is 2.62. The lowest BCUT2D eigenvalue weighted by Crippen LogP contribution is -2.36. The number of benzene rings is 1. The number of nitrogens with zero attached hydrogens (tertiary/aromatic N) is 2. The molecule has 0 fully saturated rings. The quantitative estimate of drug-likeness (QED) is 0.608. The predicted molar refractivity (Wildman–Crippen MR) is 104 cm³/mol. The molecule has 0 aliphatic heterocycles. The van der Waals surface area contributed by atoms with Gasteiger partial charge in [-0.1, -0.05) is 35.9 Å². The fraction of sp³-hybridized carbons (Fsp3) is 0.500. The second-order valence-electron chi connectivity index (χ2n) is 7.30. The summed E-state index contributed by atoms with van der Waals surface area (Å²) in [5, 5.41) is 4.17.